The van der Waals surface area contributed by atoms with Crippen LogP contribution in [-0.4, -0.2) is 39.8 Å². The molecule has 1 unspecified atom stereocenters. The minimum atomic E-state index is -1.27. The number of nitro benzene ring substituents is 1. The topological polar surface area (TPSA) is 149 Å². The van der Waals surface area contributed by atoms with E-state index in [1.807, 2.05) is 31.2 Å². The number of aromatic nitrogens is 1. The number of aryl methyl sites for hydroxylation is 2. The summed E-state index contributed by atoms with van der Waals surface area (Å²) in [4.78, 5) is 55.6. The first kappa shape index (κ1) is 29.1. The maximum absolute atomic E-state index is 13.5. The predicted molar refractivity (Wildman–Crippen MR) is 158 cm³/mol. The number of non-ortho nitro benzene ring substituents is 1. The highest BCUT2D eigenvalue weighted by molar-refractivity contribution is 7.17. The van der Waals surface area contributed by atoms with E-state index in [-0.39, 0.29) is 38.1 Å². The van der Waals surface area contributed by atoms with Crippen LogP contribution in [-0.2, 0) is 20.9 Å². The second kappa shape index (κ2) is 11.9. The number of carbonyl (C=O) groups is 3. The number of carbonyl (C=O) groups excluding carboxylic acids is 3. The molecule has 2 heterocycles. The van der Waals surface area contributed by atoms with Crippen LogP contribution in [0.15, 0.2) is 78.4 Å². The average molecular weight is 600 g/mol. The van der Waals surface area contributed by atoms with Gasteiger partial charge in [0.15, 0.2) is 5.13 Å². The fraction of sp³-hybridized carbons (Fsp3) is 0.161. The number of aliphatic hydroxyl groups excluding tert-OH is 1. The van der Waals surface area contributed by atoms with Gasteiger partial charge in [0.25, 0.3) is 11.5 Å². The third kappa shape index (κ3) is 5.72. The number of anilines is 1. The standard InChI is InChI=1S/C31H25N3O8S/c1-17-6-4-7-19(14-17)16-42-23-12-10-20(11-13-23)26(35)24-25(21-8-5-9-22(15-21)34(39)40)33(29(37)27(24)36)31-32-18(2)28(43-31)30(38)41-3/h4-15,25,35H,16H2,1-3H3. The van der Waals surface area contributed by atoms with Crippen LogP contribution < -0.4 is 9.64 Å². The zero-order chi connectivity index (χ0) is 30.8. The Kier molecular flexibility index (Phi) is 8.04. The van der Waals surface area contributed by atoms with Crippen LogP contribution in [0.25, 0.3) is 5.76 Å². The van der Waals surface area contributed by atoms with Gasteiger partial charge >= 0.3 is 11.9 Å². The summed E-state index contributed by atoms with van der Waals surface area (Å²) in [5, 5.41) is 23.0. The Morgan fingerprint density at radius 1 is 1.07 bits per heavy atom. The Morgan fingerprint density at radius 2 is 1.79 bits per heavy atom. The molecular weight excluding hydrogens is 574 g/mol. The molecule has 11 nitrogen and oxygen atoms in total. The largest absolute Gasteiger partial charge is 0.507 e. The monoisotopic (exact) mass is 599 g/mol. The summed E-state index contributed by atoms with van der Waals surface area (Å²) in [5.74, 6) is -2.66. The SMILES string of the molecule is COC(=O)c1sc(N2C(=O)C(=O)C(=C(O)c3ccc(OCc4cccc(C)c4)cc3)C2c2cccc([N+](=O)[O-])c2)nc1C. The molecule has 0 aliphatic carbocycles. The molecule has 0 bridgehead atoms. The Labute approximate surface area is 249 Å². The van der Waals surface area contributed by atoms with Gasteiger partial charge in [-0.15, -0.1) is 0 Å². The molecule has 4 aromatic rings. The minimum Gasteiger partial charge on any atom is -0.507 e. The number of nitrogens with zero attached hydrogens (tertiary/aromatic N) is 3. The molecule has 1 amide bonds. The highest BCUT2D eigenvalue weighted by atomic mass is 32.1. The second-order valence-electron chi connectivity index (χ2n) is 9.73. The molecule has 1 aliphatic rings. The summed E-state index contributed by atoms with van der Waals surface area (Å²) >= 11 is 0.833. The Hall–Kier alpha value is -5.36. The van der Waals surface area contributed by atoms with Crippen molar-refractivity contribution in [2.24, 2.45) is 0 Å². The molecular formula is C31H25N3O8S. The van der Waals surface area contributed by atoms with Gasteiger partial charge in [0.1, 0.15) is 23.0 Å². The first-order valence-corrected chi connectivity index (χ1v) is 13.8. The molecule has 1 fully saturated rings. The summed E-state index contributed by atoms with van der Waals surface area (Å²) in [6.07, 6.45) is 0. The molecule has 1 atom stereocenters. The molecule has 1 N–H and O–H groups in total. The number of ketones is 1. The predicted octanol–water partition coefficient (Wildman–Crippen LogP) is 5.66. The third-order valence-corrected chi connectivity index (χ3v) is 7.96. The van der Waals surface area contributed by atoms with Crippen molar-refractivity contribution in [3.05, 3.63) is 121 Å². The van der Waals surface area contributed by atoms with Gasteiger partial charge in [-0.3, -0.25) is 24.6 Å². The zero-order valence-corrected chi connectivity index (χ0v) is 24.1. The number of methoxy groups -OCH3 is 1. The van der Waals surface area contributed by atoms with Crippen molar-refractivity contribution < 1.29 is 33.9 Å². The highest BCUT2D eigenvalue weighted by Gasteiger charge is 2.48. The van der Waals surface area contributed by atoms with E-state index in [1.165, 1.54) is 31.4 Å². The Morgan fingerprint density at radius 3 is 2.47 bits per heavy atom. The van der Waals surface area contributed by atoms with Crippen molar-refractivity contribution in [2.75, 3.05) is 12.0 Å². The highest BCUT2D eigenvalue weighted by Crippen LogP contribution is 2.44. The number of ether oxygens (including phenoxy) is 2. The van der Waals surface area contributed by atoms with Crippen LogP contribution >= 0.6 is 11.3 Å². The van der Waals surface area contributed by atoms with Gasteiger partial charge in [-0.05, 0) is 49.2 Å². The molecule has 12 heteroatoms. The molecule has 0 spiro atoms. The number of nitro groups is 1. The van der Waals surface area contributed by atoms with Gasteiger partial charge in [0.2, 0.25) is 0 Å². The number of amides is 1. The number of benzene rings is 3. The number of thiazole rings is 1. The van der Waals surface area contributed by atoms with Crippen LogP contribution in [0, 0.1) is 24.0 Å². The van der Waals surface area contributed by atoms with E-state index in [4.69, 9.17) is 9.47 Å². The van der Waals surface area contributed by atoms with Crippen molar-refractivity contribution in [1.29, 1.82) is 0 Å². The normalized spacial score (nSPS) is 15.9. The number of aliphatic hydroxyl groups is 1. The lowest BCUT2D eigenvalue weighted by Gasteiger charge is -2.22. The van der Waals surface area contributed by atoms with Gasteiger partial charge in [-0.1, -0.05) is 53.3 Å². The smallest absolute Gasteiger partial charge is 0.350 e. The summed E-state index contributed by atoms with van der Waals surface area (Å²) in [5.41, 5.74) is 2.22. The van der Waals surface area contributed by atoms with Crippen LogP contribution in [0.2, 0.25) is 0 Å². The van der Waals surface area contributed by atoms with Crippen molar-refractivity contribution in [3.8, 4) is 5.75 Å². The van der Waals surface area contributed by atoms with E-state index in [2.05, 4.69) is 4.98 Å². The van der Waals surface area contributed by atoms with E-state index in [1.54, 1.807) is 31.2 Å². The van der Waals surface area contributed by atoms with Crippen molar-refractivity contribution >= 4 is 45.6 Å². The lowest BCUT2D eigenvalue weighted by atomic mass is 9.95. The second-order valence-corrected chi connectivity index (χ2v) is 10.7. The van der Waals surface area contributed by atoms with Gasteiger partial charge in [0.05, 0.1) is 29.3 Å². The van der Waals surface area contributed by atoms with Gasteiger partial charge in [-0.25, -0.2) is 9.78 Å². The van der Waals surface area contributed by atoms with E-state index >= 15 is 0 Å². The van der Waals surface area contributed by atoms with E-state index in [0.29, 0.717) is 12.4 Å². The number of Topliss-reactive ketones (excluding diaryl/α,β-unsaturated/α-hetero) is 1. The fourth-order valence-electron chi connectivity index (χ4n) is 4.75. The Bertz CT molecular complexity index is 1790. The lowest BCUT2D eigenvalue weighted by molar-refractivity contribution is -0.384. The molecule has 1 saturated heterocycles. The fourth-order valence-corrected chi connectivity index (χ4v) is 5.77. The van der Waals surface area contributed by atoms with E-state index < -0.39 is 34.4 Å². The molecule has 43 heavy (non-hydrogen) atoms. The number of rotatable bonds is 8. The molecule has 218 valence electrons. The van der Waals surface area contributed by atoms with E-state index in [9.17, 15) is 29.6 Å². The number of esters is 1. The van der Waals surface area contributed by atoms with Gasteiger partial charge in [0, 0.05) is 17.7 Å². The van der Waals surface area contributed by atoms with E-state index in [0.717, 1.165) is 27.4 Å². The van der Waals surface area contributed by atoms with Crippen molar-refractivity contribution in [3.63, 3.8) is 0 Å². The van der Waals surface area contributed by atoms with Crippen molar-refractivity contribution in [2.45, 2.75) is 26.5 Å². The zero-order valence-electron chi connectivity index (χ0n) is 23.3. The van der Waals surface area contributed by atoms with Crippen LogP contribution in [0.3, 0.4) is 0 Å². The Balaban J connectivity index is 1.56. The molecule has 1 aromatic heterocycles. The van der Waals surface area contributed by atoms with Crippen LogP contribution in [0.5, 0.6) is 5.75 Å². The molecule has 5 rings (SSSR count). The maximum Gasteiger partial charge on any atom is 0.350 e. The third-order valence-electron chi connectivity index (χ3n) is 6.82. The van der Waals surface area contributed by atoms with Gasteiger partial charge < -0.3 is 14.6 Å². The molecule has 1 aliphatic heterocycles. The molecule has 0 radical (unpaired) electrons. The minimum absolute atomic E-state index is 0.00421. The van der Waals surface area contributed by atoms with Crippen molar-refractivity contribution in [1.82, 2.24) is 4.98 Å². The first-order chi connectivity index (χ1) is 20.6. The molecule has 0 saturated carbocycles. The first-order valence-electron chi connectivity index (χ1n) is 13.0. The molecule has 3 aromatic carbocycles. The van der Waals surface area contributed by atoms with Crippen LogP contribution in [0.1, 0.15) is 43.7 Å². The average Bonchev–Trinajstić information content (AvgIpc) is 3.51. The number of hydrogen-bond donors (Lipinski definition) is 1. The quantitative estimate of drug-likeness (QED) is 0.0676. The summed E-state index contributed by atoms with van der Waals surface area (Å²) in [7, 11) is 1.20. The summed E-state index contributed by atoms with van der Waals surface area (Å²) < 4.78 is 10.6. The number of hydrogen-bond acceptors (Lipinski definition) is 10. The maximum atomic E-state index is 13.5. The summed E-state index contributed by atoms with van der Waals surface area (Å²) in [6.45, 7) is 3.86. The summed E-state index contributed by atoms with van der Waals surface area (Å²) in [6, 6.07) is 18.3. The lowest BCUT2D eigenvalue weighted by Crippen LogP contribution is -2.29. The van der Waals surface area contributed by atoms with Crippen LogP contribution in [0.4, 0.5) is 10.8 Å². The van der Waals surface area contributed by atoms with Gasteiger partial charge in [-0.2, -0.15) is 0 Å².